The minimum atomic E-state index is 0.136. The van der Waals surface area contributed by atoms with Crippen molar-refractivity contribution in [3.8, 4) is 0 Å². The van der Waals surface area contributed by atoms with Gasteiger partial charge in [0.25, 0.3) is 0 Å². The third-order valence-electron chi connectivity index (χ3n) is 3.28. The van der Waals surface area contributed by atoms with Crippen molar-refractivity contribution in [2.24, 2.45) is 5.73 Å². The molecule has 1 heterocycles. The van der Waals surface area contributed by atoms with Gasteiger partial charge in [-0.25, -0.2) is 0 Å². The molecule has 2 nitrogen and oxygen atoms in total. The summed E-state index contributed by atoms with van der Waals surface area (Å²) in [7, 11) is 0. The first-order valence-corrected chi connectivity index (χ1v) is 8.09. The molecule has 0 bridgehead atoms. The van der Waals surface area contributed by atoms with Crippen LogP contribution in [0.5, 0.6) is 0 Å². The summed E-state index contributed by atoms with van der Waals surface area (Å²) in [5, 5.41) is 0.886. The van der Waals surface area contributed by atoms with Crippen LogP contribution in [0.1, 0.15) is 31.1 Å². The number of hydrogen-bond donors (Lipinski definition) is 1. The molecule has 1 fully saturated rings. The molecule has 100 valence electrons. The van der Waals surface area contributed by atoms with Gasteiger partial charge >= 0.3 is 0 Å². The Bertz CT molecular complexity index is 399. The van der Waals surface area contributed by atoms with Gasteiger partial charge in [-0.2, -0.15) is 0 Å². The van der Waals surface area contributed by atoms with E-state index in [-0.39, 0.29) is 6.04 Å². The van der Waals surface area contributed by atoms with Crippen LogP contribution in [-0.4, -0.2) is 24.0 Å². The fraction of sp³-hybridized carbons (Fsp3) is 0.571. The van der Waals surface area contributed by atoms with E-state index in [1.165, 1.54) is 5.56 Å². The standard InChI is InChI=1S/C14H20BrNOS/c1-9(16)14(11-4-3-5-12(15)8-11)18-13-6-7-17-10(13)2/h3-5,8-10,13-14H,6-7,16H2,1-2H3. The van der Waals surface area contributed by atoms with Crippen molar-refractivity contribution in [2.45, 2.75) is 42.9 Å². The van der Waals surface area contributed by atoms with Gasteiger partial charge < -0.3 is 10.5 Å². The molecule has 4 unspecified atom stereocenters. The topological polar surface area (TPSA) is 35.2 Å². The summed E-state index contributed by atoms with van der Waals surface area (Å²) < 4.78 is 6.75. The summed E-state index contributed by atoms with van der Waals surface area (Å²) in [5.41, 5.74) is 7.46. The predicted molar refractivity (Wildman–Crippen MR) is 81.9 cm³/mol. The molecule has 2 rings (SSSR count). The van der Waals surface area contributed by atoms with Crippen molar-refractivity contribution < 1.29 is 4.74 Å². The summed E-state index contributed by atoms with van der Waals surface area (Å²) in [6.45, 7) is 5.12. The van der Waals surface area contributed by atoms with Crippen molar-refractivity contribution in [2.75, 3.05) is 6.61 Å². The van der Waals surface area contributed by atoms with E-state index in [2.05, 4.69) is 48.0 Å². The van der Waals surface area contributed by atoms with Crippen molar-refractivity contribution in [1.82, 2.24) is 0 Å². The van der Waals surface area contributed by atoms with E-state index in [1.54, 1.807) is 0 Å². The molecule has 4 heteroatoms. The minimum Gasteiger partial charge on any atom is -0.377 e. The van der Waals surface area contributed by atoms with Gasteiger partial charge in [-0.15, -0.1) is 11.8 Å². The second-order valence-electron chi connectivity index (χ2n) is 4.87. The predicted octanol–water partition coefficient (Wildman–Crippen LogP) is 3.75. The maximum absolute atomic E-state index is 6.17. The average molecular weight is 330 g/mol. The Morgan fingerprint density at radius 2 is 2.28 bits per heavy atom. The lowest BCUT2D eigenvalue weighted by atomic mass is 10.1. The lowest BCUT2D eigenvalue weighted by Gasteiger charge is -2.25. The highest BCUT2D eigenvalue weighted by Crippen LogP contribution is 2.40. The Morgan fingerprint density at radius 1 is 1.50 bits per heavy atom. The van der Waals surface area contributed by atoms with E-state index in [0.29, 0.717) is 16.6 Å². The second-order valence-corrected chi connectivity index (χ2v) is 7.18. The molecule has 1 aromatic carbocycles. The molecule has 18 heavy (non-hydrogen) atoms. The maximum Gasteiger partial charge on any atom is 0.0666 e. The Kier molecular flexibility index (Phi) is 5.13. The smallest absolute Gasteiger partial charge is 0.0666 e. The molecule has 1 saturated heterocycles. The molecular weight excluding hydrogens is 310 g/mol. The van der Waals surface area contributed by atoms with Gasteiger partial charge in [-0.3, -0.25) is 0 Å². The molecule has 4 atom stereocenters. The van der Waals surface area contributed by atoms with Gasteiger partial charge in [0.15, 0.2) is 0 Å². The van der Waals surface area contributed by atoms with Crippen molar-refractivity contribution in [3.63, 3.8) is 0 Å². The lowest BCUT2D eigenvalue weighted by Crippen LogP contribution is -2.26. The molecular formula is C14H20BrNOS. The first kappa shape index (κ1) is 14.4. The zero-order chi connectivity index (χ0) is 13.1. The SMILES string of the molecule is CC(N)C(SC1CCOC1C)c1cccc(Br)c1. The summed E-state index contributed by atoms with van der Waals surface area (Å²) in [6, 6.07) is 8.59. The van der Waals surface area contributed by atoms with Crippen molar-refractivity contribution in [1.29, 1.82) is 0 Å². The van der Waals surface area contributed by atoms with Gasteiger partial charge in [0, 0.05) is 27.6 Å². The van der Waals surface area contributed by atoms with Crippen LogP contribution < -0.4 is 5.73 Å². The van der Waals surface area contributed by atoms with Crippen LogP contribution >= 0.6 is 27.7 Å². The van der Waals surface area contributed by atoms with Crippen LogP contribution in [0, 0.1) is 0 Å². The zero-order valence-electron chi connectivity index (χ0n) is 10.8. The molecule has 1 aromatic rings. The number of benzene rings is 1. The third-order valence-corrected chi connectivity index (χ3v) is 5.74. The maximum atomic E-state index is 6.17. The van der Waals surface area contributed by atoms with Crippen LogP contribution in [0.2, 0.25) is 0 Å². The van der Waals surface area contributed by atoms with Gasteiger partial charge in [-0.05, 0) is 38.0 Å². The van der Waals surface area contributed by atoms with Crippen LogP contribution in [0.25, 0.3) is 0 Å². The zero-order valence-corrected chi connectivity index (χ0v) is 13.2. The Labute approximate surface area is 122 Å². The van der Waals surface area contributed by atoms with Gasteiger partial charge in [0.1, 0.15) is 0 Å². The molecule has 1 aliphatic heterocycles. The first-order chi connectivity index (χ1) is 8.58. The molecule has 0 saturated carbocycles. The number of ether oxygens (including phenoxy) is 1. The third kappa shape index (κ3) is 3.50. The number of thioether (sulfide) groups is 1. The molecule has 0 radical (unpaired) electrons. The highest BCUT2D eigenvalue weighted by atomic mass is 79.9. The highest BCUT2D eigenvalue weighted by molar-refractivity contribution is 9.10. The number of rotatable bonds is 4. The van der Waals surface area contributed by atoms with Crippen LogP contribution in [0.3, 0.4) is 0 Å². The lowest BCUT2D eigenvalue weighted by molar-refractivity contribution is 0.127. The normalized spacial score (nSPS) is 27.1. The van der Waals surface area contributed by atoms with Crippen LogP contribution in [0.15, 0.2) is 28.7 Å². The van der Waals surface area contributed by atoms with Crippen LogP contribution in [-0.2, 0) is 4.74 Å². The monoisotopic (exact) mass is 329 g/mol. The summed E-state index contributed by atoms with van der Waals surface area (Å²) in [6.07, 6.45) is 1.46. The fourth-order valence-electron chi connectivity index (χ4n) is 2.27. The molecule has 0 amide bonds. The van der Waals surface area contributed by atoms with Gasteiger partial charge in [0.05, 0.1) is 6.10 Å². The van der Waals surface area contributed by atoms with E-state index in [9.17, 15) is 0 Å². The number of hydrogen-bond acceptors (Lipinski definition) is 3. The average Bonchev–Trinajstić information content (AvgIpc) is 2.71. The molecule has 2 N–H and O–H groups in total. The van der Waals surface area contributed by atoms with Gasteiger partial charge in [0.2, 0.25) is 0 Å². The number of nitrogens with two attached hydrogens (primary N) is 1. The van der Waals surface area contributed by atoms with E-state index in [4.69, 9.17) is 10.5 Å². The van der Waals surface area contributed by atoms with Crippen LogP contribution in [0.4, 0.5) is 0 Å². The van der Waals surface area contributed by atoms with E-state index in [1.807, 2.05) is 17.8 Å². The Morgan fingerprint density at radius 3 is 2.83 bits per heavy atom. The minimum absolute atomic E-state index is 0.136. The molecule has 0 aliphatic carbocycles. The summed E-state index contributed by atoms with van der Waals surface area (Å²) >= 11 is 5.49. The fourth-order valence-corrected chi connectivity index (χ4v) is 4.15. The Balaban J connectivity index is 2.13. The molecule has 1 aliphatic rings. The van der Waals surface area contributed by atoms with Crippen molar-refractivity contribution in [3.05, 3.63) is 34.3 Å². The largest absolute Gasteiger partial charge is 0.377 e. The first-order valence-electron chi connectivity index (χ1n) is 6.36. The second kappa shape index (κ2) is 6.42. The highest BCUT2D eigenvalue weighted by Gasteiger charge is 2.29. The van der Waals surface area contributed by atoms with Gasteiger partial charge in [-0.1, -0.05) is 28.1 Å². The Hall–Kier alpha value is -0.0300. The van der Waals surface area contributed by atoms with E-state index >= 15 is 0 Å². The molecule has 0 aromatic heterocycles. The quantitative estimate of drug-likeness (QED) is 0.913. The van der Waals surface area contributed by atoms with E-state index in [0.717, 1.165) is 17.5 Å². The summed E-state index contributed by atoms with van der Waals surface area (Å²) in [5.74, 6) is 0. The van der Waals surface area contributed by atoms with Crippen molar-refractivity contribution >= 4 is 27.7 Å². The summed E-state index contributed by atoms with van der Waals surface area (Å²) in [4.78, 5) is 0. The molecule has 0 spiro atoms. The number of halogens is 1. The van der Waals surface area contributed by atoms with E-state index < -0.39 is 0 Å².